The number of nitro benzene ring substituents is 1. The summed E-state index contributed by atoms with van der Waals surface area (Å²) in [7, 11) is 1.65. The van der Waals surface area contributed by atoms with E-state index in [0.717, 1.165) is 37.6 Å². The molecule has 0 radical (unpaired) electrons. The number of anilines is 2. The Bertz CT molecular complexity index is 856. The molecule has 1 N–H and O–H groups in total. The number of hydrogen-bond donors (Lipinski definition) is 1. The highest BCUT2D eigenvalue weighted by molar-refractivity contribution is 7.80. The number of hydrogen-bond acceptors (Lipinski definition) is 5. The molecule has 2 aromatic rings. The number of nitro groups is 1. The average molecular weight is 407 g/mol. The highest BCUT2D eigenvalue weighted by Crippen LogP contribution is 2.27. The Kier molecular flexibility index (Phi) is 5.98. The molecule has 0 saturated carbocycles. The number of piperazine rings is 1. The van der Waals surface area contributed by atoms with Crippen LogP contribution in [0.15, 0.2) is 42.5 Å². The Morgan fingerprint density at radius 2 is 1.96 bits per heavy atom. The van der Waals surface area contributed by atoms with Crippen LogP contribution in [-0.4, -0.2) is 48.2 Å². The smallest absolute Gasteiger partial charge is 0.271 e. The lowest BCUT2D eigenvalue weighted by molar-refractivity contribution is -0.384. The van der Waals surface area contributed by atoms with Crippen molar-refractivity contribution in [3.63, 3.8) is 0 Å². The molecule has 0 aromatic heterocycles. The molecule has 3 rings (SSSR count). The molecule has 1 aliphatic rings. The fourth-order valence-corrected chi connectivity index (χ4v) is 3.35. The predicted molar refractivity (Wildman–Crippen MR) is 111 cm³/mol. The minimum atomic E-state index is -0.461. The number of rotatable bonds is 4. The summed E-state index contributed by atoms with van der Waals surface area (Å²) in [6.45, 7) is 3.07. The van der Waals surface area contributed by atoms with Crippen LogP contribution >= 0.6 is 23.8 Å². The molecule has 1 heterocycles. The van der Waals surface area contributed by atoms with E-state index in [1.165, 1.54) is 18.2 Å². The molecule has 1 aliphatic heterocycles. The molecular formula is C18H19ClN4O3S. The second kappa shape index (κ2) is 8.41. The Morgan fingerprint density at radius 3 is 2.63 bits per heavy atom. The average Bonchev–Trinajstić information content (AvgIpc) is 2.69. The van der Waals surface area contributed by atoms with E-state index >= 15 is 0 Å². The van der Waals surface area contributed by atoms with E-state index in [1.807, 2.05) is 23.1 Å². The van der Waals surface area contributed by atoms with Crippen molar-refractivity contribution in [2.24, 2.45) is 0 Å². The Morgan fingerprint density at radius 1 is 1.22 bits per heavy atom. The van der Waals surface area contributed by atoms with Crippen LogP contribution in [0.25, 0.3) is 0 Å². The molecule has 1 fully saturated rings. The molecule has 0 atom stereocenters. The second-order valence-electron chi connectivity index (χ2n) is 6.03. The minimum absolute atomic E-state index is 0.0347. The first-order valence-electron chi connectivity index (χ1n) is 8.37. The SMILES string of the molecule is COc1cccc(N2CCN(C(=S)Nc3cc([N+](=O)[O-])ccc3Cl)CC2)c1. The van der Waals surface area contributed by atoms with Crippen LogP contribution in [0.5, 0.6) is 5.75 Å². The quantitative estimate of drug-likeness (QED) is 0.470. The molecule has 0 spiro atoms. The molecule has 7 nitrogen and oxygen atoms in total. The molecule has 0 unspecified atom stereocenters. The third-order valence-electron chi connectivity index (χ3n) is 4.39. The van der Waals surface area contributed by atoms with Crippen LogP contribution in [-0.2, 0) is 0 Å². The van der Waals surface area contributed by atoms with Crippen LogP contribution < -0.4 is 15.0 Å². The summed E-state index contributed by atoms with van der Waals surface area (Å²) >= 11 is 11.6. The van der Waals surface area contributed by atoms with Gasteiger partial charge in [0.2, 0.25) is 0 Å². The van der Waals surface area contributed by atoms with E-state index < -0.39 is 4.92 Å². The maximum absolute atomic E-state index is 10.9. The van der Waals surface area contributed by atoms with Crippen LogP contribution in [0.2, 0.25) is 5.02 Å². The molecule has 1 saturated heterocycles. The summed E-state index contributed by atoms with van der Waals surface area (Å²) < 4.78 is 5.28. The van der Waals surface area contributed by atoms with Gasteiger partial charge >= 0.3 is 0 Å². The summed E-state index contributed by atoms with van der Waals surface area (Å²) in [5, 5.41) is 14.9. The standard InChI is InChI=1S/C18H19ClN4O3S/c1-26-15-4-2-3-13(11-15)21-7-9-22(10-8-21)18(27)20-17-12-14(23(24)25)5-6-16(17)19/h2-6,11-12H,7-10H2,1H3,(H,20,27). The van der Waals surface area contributed by atoms with Gasteiger partial charge in [0.25, 0.3) is 5.69 Å². The fourth-order valence-electron chi connectivity index (χ4n) is 2.89. The van der Waals surface area contributed by atoms with Gasteiger partial charge in [-0.1, -0.05) is 17.7 Å². The van der Waals surface area contributed by atoms with Crippen molar-refractivity contribution in [1.29, 1.82) is 0 Å². The van der Waals surface area contributed by atoms with Crippen LogP contribution in [0, 0.1) is 10.1 Å². The van der Waals surface area contributed by atoms with Gasteiger partial charge in [-0.25, -0.2) is 0 Å². The molecule has 27 heavy (non-hydrogen) atoms. The van der Waals surface area contributed by atoms with Crippen LogP contribution in [0.1, 0.15) is 0 Å². The van der Waals surface area contributed by atoms with Crippen molar-refractivity contribution in [3.05, 3.63) is 57.6 Å². The van der Waals surface area contributed by atoms with E-state index in [2.05, 4.69) is 16.3 Å². The first kappa shape index (κ1) is 19.2. The Labute approximate surface area is 167 Å². The topological polar surface area (TPSA) is 70.9 Å². The third-order valence-corrected chi connectivity index (χ3v) is 5.08. The maximum atomic E-state index is 10.9. The Hall–Kier alpha value is -2.58. The van der Waals surface area contributed by atoms with Gasteiger partial charge in [-0.15, -0.1) is 0 Å². The van der Waals surface area contributed by atoms with Crippen molar-refractivity contribution in [3.8, 4) is 5.75 Å². The van der Waals surface area contributed by atoms with E-state index in [4.69, 9.17) is 28.6 Å². The summed E-state index contributed by atoms with van der Waals surface area (Å²) in [6, 6.07) is 12.2. The zero-order valence-corrected chi connectivity index (χ0v) is 16.3. The number of nitrogens with zero attached hydrogens (tertiary/aromatic N) is 3. The van der Waals surface area contributed by atoms with Crippen molar-refractivity contribution in [2.45, 2.75) is 0 Å². The zero-order valence-electron chi connectivity index (χ0n) is 14.7. The highest BCUT2D eigenvalue weighted by Gasteiger charge is 2.20. The van der Waals surface area contributed by atoms with Gasteiger partial charge in [-0.3, -0.25) is 10.1 Å². The summed E-state index contributed by atoms with van der Waals surface area (Å²) in [5.41, 5.74) is 1.51. The van der Waals surface area contributed by atoms with Gasteiger partial charge in [0.1, 0.15) is 5.75 Å². The van der Waals surface area contributed by atoms with Gasteiger partial charge < -0.3 is 19.9 Å². The lowest BCUT2D eigenvalue weighted by atomic mass is 10.2. The lowest BCUT2D eigenvalue weighted by Crippen LogP contribution is -2.50. The molecule has 142 valence electrons. The number of thiocarbonyl (C=S) groups is 1. The van der Waals surface area contributed by atoms with Crippen molar-refractivity contribution >= 4 is 46.0 Å². The van der Waals surface area contributed by atoms with Crippen LogP contribution in [0.3, 0.4) is 0 Å². The zero-order chi connectivity index (χ0) is 19.4. The van der Waals surface area contributed by atoms with Gasteiger partial charge in [-0.05, 0) is 30.4 Å². The molecule has 0 aliphatic carbocycles. The molecule has 9 heteroatoms. The van der Waals surface area contributed by atoms with E-state index in [-0.39, 0.29) is 5.69 Å². The minimum Gasteiger partial charge on any atom is -0.497 e. The Balaban J connectivity index is 1.62. The number of non-ortho nitro benzene ring substituents is 1. The number of ether oxygens (including phenoxy) is 1. The first-order chi connectivity index (χ1) is 13.0. The number of halogens is 1. The summed E-state index contributed by atoms with van der Waals surface area (Å²) in [5.74, 6) is 0.826. The van der Waals surface area contributed by atoms with E-state index in [1.54, 1.807) is 7.11 Å². The largest absolute Gasteiger partial charge is 0.497 e. The van der Waals surface area contributed by atoms with E-state index in [9.17, 15) is 10.1 Å². The molecule has 0 bridgehead atoms. The molecular weight excluding hydrogens is 388 g/mol. The fraction of sp³-hybridized carbons (Fsp3) is 0.278. The van der Waals surface area contributed by atoms with Gasteiger partial charge in [0, 0.05) is 50.1 Å². The first-order valence-corrected chi connectivity index (χ1v) is 9.15. The van der Waals surface area contributed by atoms with Crippen molar-refractivity contribution in [2.75, 3.05) is 43.5 Å². The van der Waals surface area contributed by atoms with Gasteiger partial charge in [0.15, 0.2) is 5.11 Å². The predicted octanol–water partition coefficient (Wildman–Crippen LogP) is 3.78. The normalized spacial score (nSPS) is 14.0. The summed E-state index contributed by atoms with van der Waals surface area (Å²) in [4.78, 5) is 14.8. The number of nitrogens with one attached hydrogen (secondary N) is 1. The van der Waals surface area contributed by atoms with Crippen LogP contribution in [0.4, 0.5) is 17.1 Å². The maximum Gasteiger partial charge on any atom is 0.271 e. The molecule has 0 amide bonds. The second-order valence-corrected chi connectivity index (χ2v) is 6.82. The highest BCUT2D eigenvalue weighted by atomic mass is 35.5. The number of benzene rings is 2. The monoisotopic (exact) mass is 406 g/mol. The van der Waals surface area contributed by atoms with Gasteiger partial charge in [0.05, 0.1) is 22.7 Å². The lowest BCUT2D eigenvalue weighted by Gasteiger charge is -2.37. The van der Waals surface area contributed by atoms with E-state index in [0.29, 0.717) is 15.8 Å². The van der Waals surface area contributed by atoms with Gasteiger partial charge in [-0.2, -0.15) is 0 Å². The summed E-state index contributed by atoms with van der Waals surface area (Å²) in [6.07, 6.45) is 0. The molecule has 2 aromatic carbocycles. The number of methoxy groups -OCH3 is 1. The third kappa shape index (κ3) is 4.58. The van der Waals surface area contributed by atoms with Crippen molar-refractivity contribution < 1.29 is 9.66 Å². The van der Waals surface area contributed by atoms with Crippen molar-refractivity contribution in [1.82, 2.24) is 4.90 Å².